The molecule has 3 amide bonds. The van der Waals surface area contributed by atoms with Crippen LogP contribution in [0.4, 0.5) is 10.5 Å². The van der Waals surface area contributed by atoms with Crippen LogP contribution < -0.4 is 5.32 Å². The third kappa shape index (κ3) is 5.60. The molecule has 2 aliphatic heterocycles. The third-order valence-electron chi connectivity index (χ3n) is 5.76. The fourth-order valence-electron chi connectivity index (χ4n) is 3.88. The second-order valence-corrected chi connectivity index (χ2v) is 10.1. The van der Waals surface area contributed by atoms with E-state index in [1.807, 2.05) is 13.8 Å². The number of halogens is 2. The Balaban J connectivity index is 1.37. The normalized spacial score (nSPS) is 17.5. The van der Waals surface area contributed by atoms with E-state index in [9.17, 15) is 9.59 Å². The Kier molecular flexibility index (Phi) is 7.45. The van der Waals surface area contributed by atoms with Crippen LogP contribution in [0.3, 0.4) is 0 Å². The van der Waals surface area contributed by atoms with Gasteiger partial charge in [-0.05, 0) is 32.0 Å². The zero-order valence-corrected chi connectivity index (χ0v) is 20.8. The highest BCUT2D eigenvalue weighted by molar-refractivity contribution is 7.09. The molecule has 178 valence electrons. The first-order valence-electron chi connectivity index (χ1n) is 10.8. The number of carbonyl (C=O) groups is 2. The maximum atomic E-state index is 12.9. The molecule has 2 saturated heterocycles. The van der Waals surface area contributed by atoms with E-state index in [0.717, 1.165) is 0 Å². The van der Waals surface area contributed by atoms with Gasteiger partial charge in [-0.2, -0.15) is 0 Å². The molecular weight excluding hydrogens is 487 g/mol. The number of amides is 3. The largest absolute Gasteiger partial charge is 0.347 e. The van der Waals surface area contributed by atoms with Crippen molar-refractivity contribution in [1.82, 2.24) is 14.8 Å². The van der Waals surface area contributed by atoms with Gasteiger partial charge >= 0.3 is 6.03 Å². The highest BCUT2D eigenvalue weighted by Gasteiger charge is 2.41. The summed E-state index contributed by atoms with van der Waals surface area (Å²) in [6.45, 7) is 6.47. The number of aromatic nitrogens is 1. The highest BCUT2D eigenvalue weighted by Crippen LogP contribution is 2.32. The molecule has 2 aromatic rings. The van der Waals surface area contributed by atoms with E-state index >= 15 is 0 Å². The molecule has 2 aliphatic rings. The Morgan fingerprint density at radius 3 is 2.55 bits per heavy atom. The van der Waals surface area contributed by atoms with Gasteiger partial charge in [-0.1, -0.05) is 23.2 Å². The van der Waals surface area contributed by atoms with Crippen molar-refractivity contribution in [2.45, 2.75) is 45.1 Å². The van der Waals surface area contributed by atoms with Crippen molar-refractivity contribution in [1.29, 1.82) is 0 Å². The number of ether oxygens (including phenoxy) is 2. The number of thiazole rings is 1. The standard InChI is InChI=1S/C22H26Cl2N4O4S/c1-14(2)28(21(30)25-15-3-4-16(23)17(24)11-15)12-19-26-18(13-33-19)20(29)27-7-5-22(6-8-27)31-9-10-32-22/h3-4,11,13-14H,5-10,12H2,1-2H3,(H,25,30). The molecule has 0 aliphatic carbocycles. The van der Waals surface area contributed by atoms with Crippen LogP contribution in [-0.4, -0.2) is 64.9 Å². The van der Waals surface area contributed by atoms with Crippen molar-refractivity contribution in [3.05, 3.63) is 44.3 Å². The van der Waals surface area contributed by atoms with E-state index in [2.05, 4.69) is 10.3 Å². The molecule has 11 heteroatoms. The van der Waals surface area contributed by atoms with Crippen molar-refractivity contribution in [2.75, 3.05) is 31.6 Å². The molecule has 0 radical (unpaired) electrons. The molecular formula is C22H26Cl2N4O4S. The van der Waals surface area contributed by atoms with Crippen molar-refractivity contribution in [3.63, 3.8) is 0 Å². The Labute approximate surface area is 206 Å². The van der Waals surface area contributed by atoms with Gasteiger partial charge in [-0.15, -0.1) is 11.3 Å². The minimum atomic E-state index is -0.524. The molecule has 0 unspecified atom stereocenters. The van der Waals surface area contributed by atoms with Crippen molar-refractivity contribution < 1.29 is 19.1 Å². The summed E-state index contributed by atoms with van der Waals surface area (Å²) in [5.41, 5.74) is 0.945. The van der Waals surface area contributed by atoms with Gasteiger partial charge < -0.3 is 24.6 Å². The van der Waals surface area contributed by atoms with Gasteiger partial charge in [0.15, 0.2) is 5.79 Å². The molecule has 1 aromatic carbocycles. The van der Waals surface area contributed by atoms with Gasteiger partial charge in [-0.3, -0.25) is 4.79 Å². The van der Waals surface area contributed by atoms with E-state index < -0.39 is 5.79 Å². The third-order valence-corrected chi connectivity index (χ3v) is 7.33. The van der Waals surface area contributed by atoms with E-state index in [4.69, 9.17) is 32.7 Å². The molecule has 1 aromatic heterocycles. The van der Waals surface area contributed by atoms with Crippen LogP contribution in [0, 0.1) is 0 Å². The number of benzene rings is 1. The molecule has 1 N–H and O–H groups in total. The molecule has 33 heavy (non-hydrogen) atoms. The summed E-state index contributed by atoms with van der Waals surface area (Å²) >= 11 is 13.4. The van der Waals surface area contributed by atoms with Gasteiger partial charge in [0, 0.05) is 43.0 Å². The van der Waals surface area contributed by atoms with E-state index in [1.54, 1.807) is 33.4 Å². The van der Waals surface area contributed by atoms with Gasteiger partial charge in [0.1, 0.15) is 10.7 Å². The Bertz CT molecular complexity index is 1020. The van der Waals surface area contributed by atoms with Crippen molar-refractivity contribution >= 4 is 52.2 Å². The number of carbonyl (C=O) groups excluding carboxylic acids is 2. The highest BCUT2D eigenvalue weighted by atomic mass is 35.5. The van der Waals surface area contributed by atoms with Gasteiger partial charge in [-0.25, -0.2) is 9.78 Å². The average molecular weight is 513 g/mol. The first-order chi connectivity index (χ1) is 15.8. The monoisotopic (exact) mass is 512 g/mol. The maximum absolute atomic E-state index is 12.9. The molecule has 2 fully saturated rings. The fraction of sp³-hybridized carbons (Fsp3) is 0.500. The van der Waals surface area contributed by atoms with E-state index in [0.29, 0.717) is 65.6 Å². The minimum Gasteiger partial charge on any atom is -0.347 e. The summed E-state index contributed by atoms with van der Waals surface area (Å²) in [5.74, 6) is -0.634. The van der Waals surface area contributed by atoms with E-state index in [1.165, 1.54) is 11.3 Å². The number of hydrogen-bond donors (Lipinski definition) is 1. The summed E-state index contributed by atoms with van der Waals surface area (Å²) < 4.78 is 11.5. The number of likely N-dealkylation sites (tertiary alicyclic amines) is 1. The number of anilines is 1. The van der Waals surface area contributed by atoms with Crippen LogP contribution >= 0.6 is 34.5 Å². The predicted octanol–water partition coefficient (Wildman–Crippen LogP) is 4.87. The number of urea groups is 1. The quantitative estimate of drug-likeness (QED) is 0.617. The van der Waals surface area contributed by atoms with Gasteiger partial charge in [0.2, 0.25) is 0 Å². The first-order valence-corrected chi connectivity index (χ1v) is 12.4. The molecule has 8 nitrogen and oxygen atoms in total. The molecule has 1 spiro atoms. The summed E-state index contributed by atoms with van der Waals surface area (Å²) in [6, 6.07) is 4.55. The lowest BCUT2D eigenvalue weighted by atomic mass is 10.0. The molecule has 0 saturated carbocycles. The van der Waals surface area contributed by atoms with Crippen LogP contribution in [0.2, 0.25) is 10.0 Å². The second-order valence-electron chi connectivity index (χ2n) is 8.31. The number of hydrogen-bond acceptors (Lipinski definition) is 6. The lowest BCUT2D eigenvalue weighted by molar-refractivity contribution is -0.181. The molecule has 0 atom stereocenters. The van der Waals surface area contributed by atoms with Crippen LogP contribution in [-0.2, 0) is 16.0 Å². The number of rotatable bonds is 5. The Hall–Kier alpha value is -1.91. The number of nitrogens with zero attached hydrogens (tertiary/aromatic N) is 3. The summed E-state index contributed by atoms with van der Waals surface area (Å²) in [5, 5.41) is 6.06. The lowest BCUT2D eigenvalue weighted by Crippen LogP contribution is -2.47. The Morgan fingerprint density at radius 2 is 1.91 bits per heavy atom. The summed E-state index contributed by atoms with van der Waals surface area (Å²) in [7, 11) is 0. The average Bonchev–Trinajstić information content (AvgIpc) is 3.44. The number of piperidine rings is 1. The minimum absolute atomic E-state index is 0.0829. The zero-order chi connectivity index (χ0) is 23.6. The molecule has 0 bridgehead atoms. The maximum Gasteiger partial charge on any atom is 0.322 e. The topological polar surface area (TPSA) is 84.0 Å². The van der Waals surface area contributed by atoms with Gasteiger partial charge in [0.25, 0.3) is 5.91 Å². The zero-order valence-electron chi connectivity index (χ0n) is 18.5. The smallest absolute Gasteiger partial charge is 0.322 e. The fourth-order valence-corrected chi connectivity index (χ4v) is 4.95. The SMILES string of the molecule is CC(C)N(Cc1nc(C(=O)N2CCC3(CC2)OCCO3)cs1)C(=O)Nc1ccc(Cl)c(Cl)c1. The van der Waals surface area contributed by atoms with E-state index in [-0.39, 0.29) is 24.5 Å². The van der Waals surface area contributed by atoms with Crippen molar-refractivity contribution in [3.8, 4) is 0 Å². The number of nitrogens with one attached hydrogen (secondary N) is 1. The predicted molar refractivity (Wildman–Crippen MR) is 128 cm³/mol. The summed E-state index contributed by atoms with van der Waals surface area (Å²) in [4.78, 5) is 33.8. The first kappa shape index (κ1) is 24.2. The Morgan fingerprint density at radius 1 is 1.21 bits per heavy atom. The van der Waals surface area contributed by atoms with Crippen LogP contribution in [0.15, 0.2) is 23.6 Å². The van der Waals surface area contributed by atoms with Crippen molar-refractivity contribution in [2.24, 2.45) is 0 Å². The second kappa shape index (κ2) is 10.1. The van der Waals surface area contributed by atoms with Gasteiger partial charge in [0.05, 0.1) is 29.8 Å². The molecule has 3 heterocycles. The van der Waals surface area contributed by atoms with Crippen LogP contribution in [0.1, 0.15) is 42.2 Å². The van der Waals surface area contributed by atoms with Crippen LogP contribution in [0.25, 0.3) is 0 Å². The van der Waals surface area contributed by atoms with Crippen LogP contribution in [0.5, 0.6) is 0 Å². The molecule has 4 rings (SSSR count). The lowest BCUT2D eigenvalue weighted by Gasteiger charge is -2.37. The summed E-state index contributed by atoms with van der Waals surface area (Å²) in [6.07, 6.45) is 1.32.